The zero-order valence-electron chi connectivity index (χ0n) is 9.98. The van der Waals surface area contributed by atoms with Gasteiger partial charge in [0.2, 0.25) is 0 Å². The minimum atomic E-state index is -3.68. The summed E-state index contributed by atoms with van der Waals surface area (Å²) in [6.45, 7) is 2.91. The molecule has 7 heteroatoms. The minimum absolute atomic E-state index is 0.108. The van der Waals surface area contributed by atoms with Crippen LogP contribution in [0, 0.1) is 5.92 Å². The largest absolute Gasteiger partial charge is 0.317 e. The van der Waals surface area contributed by atoms with Gasteiger partial charge in [0.05, 0.1) is 5.54 Å². The summed E-state index contributed by atoms with van der Waals surface area (Å²) in [6.07, 6.45) is 3.07. The second kappa shape index (κ2) is 4.22. The third kappa shape index (κ3) is 2.31. The summed E-state index contributed by atoms with van der Waals surface area (Å²) in [4.78, 5) is 11.8. The van der Waals surface area contributed by atoms with E-state index in [0.717, 1.165) is 19.3 Å². The number of amides is 1. The molecule has 0 aromatic carbocycles. The number of nitrogens with one attached hydrogen (secondary N) is 1. The summed E-state index contributed by atoms with van der Waals surface area (Å²) in [5.74, 6) is -0.451. The molecule has 0 unspecified atom stereocenters. The van der Waals surface area contributed by atoms with Crippen molar-refractivity contribution < 1.29 is 13.2 Å². The van der Waals surface area contributed by atoms with Crippen LogP contribution in [0.4, 0.5) is 0 Å². The van der Waals surface area contributed by atoms with Crippen molar-refractivity contribution >= 4 is 16.1 Å². The van der Waals surface area contributed by atoms with Crippen molar-refractivity contribution in [2.24, 2.45) is 11.7 Å². The number of carbonyl (C=O) groups is 1. The van der Waals surface area contributed by atoms with Crippen LogP contribution >= 0.6 is 0 Å². The normalized spacial score (nSPS) is 33.6. The fourth-order valence-corrected chi connectivity index (χ4v) is 3.63. The smallest absolute Gasteiger partial charge is 0.303 e. The first-order valence-electron chi connectivity index (χ1n) is 6.01. The summed E-state index contributed by atoms with van der Waals surface area (Å²) < 4.78 is 27.1. The Labute approximate surface area is 102 Å². The summed E-state index contributed by atoms with van der Waals surface area (Å²) in [5, 5.41) is 0. The maximum absolute atomic E-state index is 11.9. The molecule has 2 atom stereocenters. The van der Waals surface area contributed by atoms with Crippen LogP contribution in [-0.2, 0) is 15.0 Å². The molecule has 3 N–H and O–H groups in total. The molecule has 1 saturated heterocycles. The van der Waals surface area contributed by atoms with Crippen LogP contribution in [0.25, 0.3) is 0 Å². The molecule has 0 bridgehead atoms. The number of nitrogens with zero attached hydrogens (tertiary/aromatic N) is 1. The number of hydrogen-bond acceptors (Lipinski definition) is 4. The van der Waals surface area contributed by atoms with Crippen LogP contribution in [0.2, 0.25) is 0 Å². The lowest BCUT2D eigenvalue weighted by molar-refractivity contribution is -0.121. The monoisotopic (exact) mass is 261 g/mol. The Hall–Kier alpha value is -0.660. The van der Waals surface area contributed by atoms with E-state index in [1.54, 1.807) is 0 Å². The number of nitrogens with two attached hydrogens (primary N) is 1. The Morgan fingerprint density at radius 2 is 2.06 bits per heavy atom. The highest BCUT2D eigenvalue weighted by molar-refractivity contribution is 7.87. The molecule has 0 radical (unpaired) electrons. The number of hydrogen-bond donors (Lipinski definition) is 2. The van der Waals surface area contributed by atoms with Gasteiger partial charge in [-0.15, -0.1) is 0 Å². The molecule has 0 spiro atoms. The van der Waals surface area contributed by atoms with Gasteiger partial charge in [-0.1, -0.05) is 13.3 Å². The van der Waals surface area contributed by atoms with E-state index < -0.39 is 21.7 Å². The van der Waals surface area contributed by atoms with Crippen molar-refractivity contribution in [2.45, 2.75) is 38.1 Å². The molecule has 6 nitrogen and oxygen atoms in total. The highest BCUT2D eigenvalue weighted by Crippen LogP contribution is 2.43. The Kier molecular flexibility index (Phi) is 3.17. The van der Waals surface area contributed by atoms with Crippen LogP contribution < -0.4 is 10.5 Å². The lowest BCUT2D eigenvalue weighted by atomic mass is 10.2. The highest BCUT2D eigenvalue weighted by Gasteiger charge is 2.56. The van der Waals surface area contributed by atoms with Gasteiger partial charge in [-0.05, 0) is 25.2 Å². The molecular formula is C10H19N3O3S. The third-order valence-corrected chi connectivity index (χ3v) is 5.18. The van der Waals surface area contributed by atoms with Crippen molar-refractivity contribution in [3.8, 4) is 0 Å². The van der Waals surface area contributed by atoms with Gasteiger partial charge in [0.15, 0.2) is 0 Å². The molecule has 1 heterocycles. The van der Waals surface area contributed by atoms with Crippen molar-refractivity contribution in [1.82, 2.24) is 9.03 Å². The van der Waals surface area contributed by atoms with E-state index >= 15 is 0 Å². The van der Waals surface area contributed by atoms with Crippen molar-refractivity contribution in [1.29, 1.82) is 0 Å². The molecule has 0 aromatic heterocycles. The van der Waals surface area contributed by atoms with Gasteiger partial charge >= 0.3 is 10.2 Å². The van der Waals surface area contributed by atoms with E-state index in [4.69, 9.17) is 5.73 Å². The Morgan fingerprint density at radius 1 is 1.47 bits per heavy atom. The summed E-state index contributed by atoms with van der Waals surface area (Å²) >= 11 is 0. The molecule has 2 aliphatic rings. The Balaban J connectivity index is 1.99. The quantitative estimate of drug-likeness (QED) is 0.718. The van der Waals surface area contributed by atoms with Crippen LogP contribution in [0.3, 0.4) is 0 Å². The Morgan fingerprint density at radius 3 is 2.53 bits per heavy atom. The van der Waals surface area contributed by atoms with Crippen molar-refractivity contribution in [3.05, 3.63) is 0 Å². The van der Waals surface area contributed by atoms with Gasteiger partial charge in [-0.3, -0.25) is 4.79 Å². The first kappa shape index (κ1) is 12.8. The lowest BCUT2D eigenvalue weighted by Gasteiger charge is -2.18. The van der Waals surface area contributed by atoms with E-state index in [1.165, 1.54) is 4.31 Å². The fourth-order valence-electron chi connectivity index (χ4n) is 2.34. The SMILES string of the molecule is CC[C@@H]1C[C@]1(N)C(=O)NS(=O)(=O)N1CCCC1. The molecule has 0 aromatic rings. The minimum Gasteiger partial charge on any atom is -0.317 e. The molecular weight excluding hydrogens is 242 g/mol. The predicted octanol–water partition coefficient (Wildman–Crippen LogP) is -0.429. The average Bonchev–Trinajstić information content (AvgIpc) is 2.72. The van der Waals surface area contributed by atoms with Crippen molar-refractivity contribution in [3.63, 3.8) is 0 Å². The molecule has 98 valence electrons. The number of carbonyl (C=O) groups excluding carboxylic acids is 1. The van der Waals surface area contributed by atoms with E-state index in [-0.39, 0.29) is 5.92 Å². The highest BCUT2D eigenvalue weighted by atomic mass is 32.2. The lowest BCUT2D eigenvalue weighted by Crippen LogP contribution is -2.50. The molecule has 1 saturated carbocycles. The van der Waals surface area contributed by atoms with Gasteiger partial charge in [-0.2, -0.15) is 12.7 Å². The van der Waals surface area contributed by atoms with Crippen LogP contribution in [-0.4, -0.2) is 37.3 Å². The predicted molar refractivity (Wildman–Crippen MR) is 63.2 cm³/mol. The second-order valence-electron chi connectivity index (χ2n) is 4.89. The fraction of sp³-hybridized carbons (Fsp3) is 0.900. The van der Waals surface area contributed by atoms with Crippen LogP contribution in [0.15, 0.2) is 0 Å². The van der Waals surface area contributed by atoms with E-state index in [9.17, 15) is 13.2 Å². The van der Waals surface area contributed by atoms with Gasteiger partial charge in [-0.25, -0.2) is 4.72 Å². The molecule has 17 heavy (non-hydrogen) atoms. The first-order chi connectivity index (χ1) is 7.90. The third-order valence-electron chi connectivity index (χ3n) is 3.69. The van der Waals surface area contributed by atoms with Crippen molar-refractivity contribution in [2.75, 3.05) is 13.1 Å². The average molecular weight is 261 g/mol. The standard InChI is InChI=1S/C10H19N3O3S/c1-2-8-7-10(8,11)9(14)12-17(15,16)13-5-3-4-6-13/h8H,2-7,11H2,1H3,(H,12,14)/t8-,10-/m1/s1. The summed E-state index contributed by atoms with van der Waals surface area (Å²) in [5.41, 5.74) is 4.89. The summed E-state index contributed by atoms with van der Waals surface area (Å²) in [6, 6.07) is 0. The van der Waals surface area contributed by atoms with Crippen LogP contribution in [0.5, 0.6) is 0 Å². The molecule has 1 aliphatic heterocycles. The first-order valence-corrected chi connectivity index (χ1v) is 7.45. The zero-order chi connectivity index (χ0) is 12.7. The zero-order valence-corrected chi connectivity index (χ0v) is 10.8. The van der Waals surface area contributed by atoms with Gasteiger partial charge in [0.25, 0.3) is 5.91 Å². The van der Waals surface area contributed by atoms with Gasteiger partial charge in [0.1, 0.15) is 0 Å². The second-order valence-corrected chi connectivity index (χ2v) is 6.56. The molecule has 2 rings (SSSR count). The van der Waals surface area contributed by atoms with Gasteiger partial charge < -0.3 is 5.73 Å². The van der Waals surface area contributed by atoms with Crippen LogP contribution in [0.1, 0.15) is 32.6 Å². The summed E-state index contributed by atoms with van der Waals surface area (Å²) in [7, 11) is -3.68. The van der Waals surface area contributed by atoms with E-state index in [0.29, 0.717) is 19.5 Å². The maximum Gasteiger partial charge on any atom is 0.303 e. The molecule has 1 aliphatic carbocycles. The van der Waals surface area contributed by atoms with E-state index in [1.807, 2.05) is 6.92 Å². The molecule has 1 amide bonds. The maximum atomic E-state index is 11.9. The van der Waals surface area contributed by atoms with E-state index in [2.05, 4.69) is 4.72 Å². The topological polar surface area (TPSA) is 92.5 Å². The van der Waals surface area contributed by atoms with Gasteiger partial charge in [0, 0.05) is 13.1 Å². The number of rotatable bonds is 4. The Bertz CT molecular complexity index is 417. The molecule has 2 fully saturated rings.